The molecule has 0 amide bonds. The van der Waals surface area contributed by atoms with E-state index in [4.69, 9.17) is 4.74 Å². The van der Waals surface area contributed by atoms with Gasteiger partial charge in [0.2, 0.25) is 0 Å². The van der Waals surface area contributed by atoms with Crippen molar-refractivity contribution in [1.29, 1.82) is 0 Å². The number of para-hydroxylation sites is 1. The van der Waals surface area contributed by atoms with Crippen LogP contribution in [0.15, 0.2) is 71.5 Å². The van der Waals surface area contributed by atoms with Gasteiger partial charge >= 0.3 is 5.69 Å². The third kappa shape index (κ3) is 3.24. The highest BCUT2D eigenvalue weighted by Gasteiger charge is 2.14. The van der Waals surface area contributed by atoms with E-state index in [0.29, 0.717) is 28.7 Å². The highest BCUT2D eigenvalue weighted by Crippen LogP contribution is 2.27. The summed E-state index contributed by atoms with van der Waals surface area (Å²) in [5.41, 5.74) is 1.79. The van der Waals surface area contributed by atoms with E-state index in [0.717, 1.165) is 23.4 Å². The molecule has 0 aliphatic rings. The number of hydrogen-bond acceptors (Lipinski definition) is 3. The summed E-state index contributed by atoms with van der Waals surface area (Å²) in [5, 5.41) is 0.682. The van der Waals surface area contributed by atoms with Crippen LogP contribution in [0.4, 0.5) is 8.78 Å². The third-order valence-electron chi connectivity index (χ3n) is 4.58. The van der Waals surface area contributed by atoms with Crippen molar-refractivity contribution in [2.45, 2.75) is 6.54 Å². The molecule has 6 heteroatoms. The van der Waals surface area contributed by atoms with Gasteiger partial charge in [0.05, 0.1) is 24.9 Å². The minimum Gasteiger partial charge on any atom is -0.497 e. The normalized spacial score (nSPS) is 11.0. The van der Waals surface area contributed by atoms with E-state index in [1.807, 2.05) is 48.5 Å². The predicted molar refractivity (Wildman–Crippen MR) is 103 cm³/mol. The van der Waals surface area contributed by atoms with E-state index in [2.05, 4.69) is 4.98 Å². The van der Waals surface area contributed by atoms with Crippen LogP contribution < -0.4 is 10.4 Å². The van der Waals surface area contributed by atoms with Crippen molar-refractivity contribution in [1.82, 2.24) is 9.55 Å². The molecule has 3 aromatic carbocycles. The van der Waals surface area contributed by atoms with Crippen molar-refractivity contribution >= 4 is 10.9 Å². The molecule has 0 fully saturated rings. The van der Waals surface area contributed by atoms with Crippen molar-refractivity contribution in [3.8, 4) is 17.0 Å². The Morgan fingerprint density at radius 3 is 2.43 bits per heavy atom. The van der Waals surface area contributed by atoms with E-state index in [-0.39, 0.29) is 0 Å². The van der Waals surface area contributed by atoms with Gasteiger partial charge in [0.1, 0.15) is 5.75 Å². The molecule has 0 N–H and O–H groups in total. The van der Waals surface area contributed by atoms with Gasteiger partial charge < -0.3 is 4.74 Å². The van der Waals surface area contributed by atoms with E-state index in [1.165, 1.54) is 6.07 Å². The van der Waals surface area contributed by atoms with Crippen LogP contribution >= 0.6 is 0 Å². The van der Waals surface area contributed by atoms with E-state index < -0.39 is 17.3 Å². The molecule has 0 spiro atoms. The topological polar surface area (TPSA) is 44.1 Å². The van der Waals surface area contributed by atoms with Crippen LogP contribution in [0, 0.1) is 11.6 Å². The van der Waals surface area contributed by atoms with Crippen LogP contribution in [0.3, 0.4) is 0 Å². The van der Waals surface area contributed by atoms with E-state index in [1.54, 1.807) is 11.7 Å². The van der Waals surface area contributed by atoms with Gasteiger partial charge in [-0.15, -0.1) is 0 Å². The lowest BCUT2D eigenvalue weighted by Crippen LogP contribution is -2.24. The van der Waals surface area contributed by atoms with Gasteiger partial charge in [-0.25, -0.2) is 13.6 Å². The summed E-state index contributed by atoms with van der Waals surface area (Å²) < 4.78 is 33.7. The molecule has 0 atom stereocenters. The number of methoxy groups -OCH3 is 1. The highest BCUT2D eigenvalue weighted by molar-refractivity contribution is 5.92. The smallest absolute Gasteiger partial charge is 0.348 e. The SMILES string of the molecule is COc1ccc(Cn2c(=O)nc(-c3ccc(F)c(F)c3)c3ccccc32)cc1. The van der Waals surface area contributed by atoms with Gasteiger partial charge in [-0.3, -0.25) is 4.57 Å². The minimum absolute atomic E-state index is 0.325. The van der Waals surface area contributed by atoms with Crippen molar-refractivity contribution in [2.24, 2.45) is 0 Å². The maximum atomic E-state index is 13.7. The number of rotatable bonds is 4. The summed E-state index contributed by atoms with van der Waals surface area (Å²) in [5.74, 6) is -1.19. The monoisotopic (exact) mass is 378 g/mol. The number of aromatic nitrogens is 2. The number of benzene rings is 3. The summed E-state index contributed by atoms with van der Waals surface area (Å²) in [4.78, 5) is 16.9. The summed E-state index contributed by atoms with van der Waals surface area (Å²) in [6.45, 7) is 0.328. The lowest BCUT2D eigenvalue weighted by atomic mass is 10.1. The maximum absolute atomic E-state index is 13.7. The Bertz CT molecular complexity index is 1220. The Morgan fingerprint density at radius 2 is 1.71 bits per heavy atom. The third-order valence-corrected chi connectivity index (χ3v) is 4.58. The average Bonchev–Trinajstić information content (AvgIpc) is 2.72. The number of ether oxygens (including phenoxy) is 1. The van der Waals surface area contributed by atoms with Crippen molar-refractivity contribution < 1.29 is 13.5 Å². The molecule has 140 valence electrons. The molecular formula is C22H16F2N2O2. The Kier molecular flexibility index (Phi) is 4.61. The lowest BCUT2D eigenvalue weighted by Gasteiger charge is -2.13. The molecule has 0 saturated carbocycles. The molecular weight excluding hydrogens is 362 g/mol. The number of nitrogens with zero attached hydrogens (tertiary/aromatic N) is 2. The van der Waals surface area contributed by atoms with Crippen LogP contribution in [0.5, 0.6) is 5.75 Å². The fraction of sp³-hybridized carbons (Fsp3) is 0.0909. The summed E-state index contributed by atoms with van der Waals surface area (Å²) in [6.07, 6.45) is 0. The first kappa shape index (κ1) is 17.9. The quantitative estimate of drug-likeness (QED) is 0.529. The standard InChI is InChI=1S/C22H16F2N2O2/c1-28-16-9-6-14(7-10-16)13-26-20-5-3-2-4-17(20)21(25-22(26)27)15-8-11-18(23)19(24)12-15/h2-12H,13H2,1H3. The fourth-order valence-corrected chi connectivity index (χ4v) is 3.16. The molecule has 4 nitrogen and oxygen atoms in total. The number of fused-ring (bicyclic) bond motifs is 1. The molecule has 0 unspecified atom stereocenters. The molecule has 0 aliphatic carbocycles. The van der Waals surface area contributed by atoms with Gasteiger partial charge in [-0.1, -0.05) is 30.3 Å². The van der Waals surface area contributed by atoms with Gasteiger partial charge in [0.25, 0.3) is 0 Å². The Labute approximate surface area is 159 Å². The van der Waals surface area contributed by atoms with Crippen molar-refractivity contribution in [3.63, 3.8) is 0 Å². The Balaban J connectivity index is 1.86. The van der Waals surface area contributed by atoms with Gasteiger partial charge in [0, 0.05) is 10.9 Å². The predicted octanol–water partition coefficient (Wildman–Crippen LogP) is 4.40. The lowest BCUT2D eigenvalue weighted by molar-refractivity contribution is 0.414. The second kappa shape index (κ2) is 7.23. The zero-order chi connectivity index (χ0) is 19.7. The molecule has 0 aliphatic heterocycles. The summed E-state index contributed by atoms with van der Waals surface area (Å²) in [7, 11) is 1.59. The van der Waals surface area contributed by atoms with Crippen LogP contribution in [-0.4, -0.2) is 16.7 Å². The first-order chi connectivity index (χ1) is 13.6. The first-order valence-corrected chi connectivity index (χ1v) is 8.65. The van der Waals surface area contributed by atoms with Gasteiger partial charge in [-0.05, 0) is 42.0 Å². The van der Waals surface area contributed by atoms with Crippen LogP contribution in [0.2, 0.25) is 0 Å². The largest absolute Gasteiger partial charge is 0.497 e. The number of hydrogen-bond donors (Lipinski definition) is 0. The summed E-state index contributed by atoms with van der Waals surface area (Å²) >= 11 is 0. The molecule has 0 saturated heterocycles. The zero-order valence-electron chi connectivity index (χ0n) is 15.0. The Morgan fingerprint density at radius 1 is 0.964 bits per heavy atom. The van der Waals surface area contributed by atoms with Crippen LogP contribution in [0.1, 0.15) is 5.56 Å². The van der Waals surface area contributed by atoms with Crippen LogP contribution in [-0.2, 0) is 6.54 Å². The fourth-order valence-electron chi connectivity index (χ4n) is 3.16. The molecule has 1 aromatic heterocycles. The molecule has 1 heterocycles. The second-order valence-corrected chi connectivity index (χ2v) is 6.32. The Hall–Kier alpha value is -3.54. The van der Waals surface area contributed by atoms with E-state index in [9.17, 15) is 13.6 Å². The average molecular weight is 378 g/mol. The van der Waals surface area contributed by atoms with E-state index >= 15 is 0 Å². The van der Waals surface area contributed by atoms with Gasteiger partial charge in [-0.2, -0.15) is 4.98 Å². The number of halogens is 2. The zero-order valence-corrected chi connectivity index (χ0v) is 15.0. The molecule has 0 bridgehead atoms. The first-order valence-electron chi connectivity index (χ1n) is 8.65. The highest BCUT2D eigenvalue weighted by atomic mass is 19.2. The second-order valence-electron chi connectivity index (χ2n) is 6.32. The van der Waals surface area contributed by atoms with Gasteiger partial charge in [0.15, 0.2) is 11.6 Å². The molecule has 28 heavy (non-hydrogen) atoms. The van der Waals surface area contributed by atoms with Crippen molar-refractivity contribution in [2.75, 3.05) is 7.11 Å². The van der Waals surface area contributed by atoms with Crippen molar-refractivity contribution in [3.05, 3.63) is 94.4 Å². The van der Waals surface area contributed by atoms with Crippen LogP contribution in [0.25, 0.3) is 22.2 Å². The minimum atomic E-state index is -0.981. The molecule has 0 radical (unpaired) electrons. The molecule has 4 aromatic rings. The summed E-state index contributed by atoms with van der Waals surface area (Å²) in [6, 6.07) is 18.2. The maximum Gasteiger partial charge on any atom is 0.348 e. The molecule has 4 rings (SSSR count).